The minimum absolute atomic E-state index is 0.168. The Balaban J connectivity index is 1.85. The van der Waals surface area contributed by atoms with Gasteiger partial charge in [0, 0.05) is 22.8 Å². The Morgan fingerprint density at radius 1 is 0.826 bits per heavy atom. The van der Waals surface area contributed by atoms with Crippen LogP contribution in [-0.2, 0) is 5.41 Å². The number of benzene rings is 2. The summed E-state index contributed by atoms with van der Waals surface area (Å²) in [7, 11) is 0. The van der Waals surface area contributed by atoms with Crippen molar-refractivity contribution in [2.24, 2.45) is 0 Å². The van der Waals surface area contributed by atoms with Crippen LogP contribution in [0.1, 0.15) is 38.8 Å². The van der Waals surface area contributed by atoms with Gasteiger partial charge >= 0.3 is 0 Å². The molecule has 2 aromatic carbocycles. The van der Waals surface area contributed by atoms with E-state index in [1.165, 1.54) is 22.5 Å². The molecule has 0 N–H and O–H groups in total. The molecule has 0 aromatic heterocycles. The van der Waals surface area contributed by atoms with Gasteiger partial charge in [0.25, 0.3) is 0 Å². The van der Waals surface area contributed by atoms with Gasteiger partial charge in [-0.1, -0.05) is 50.2 Å². The van der Waals surface area contributed by atoms with Crippen LogP contribution in [0.3, 0.4) is 0 Å². The maximum atomic E-state index is 2.65. The van der Waals surface area contributed by atoms with Gasteiger partial charge in [-0.3, -0.25) is 0 Å². The van der Waals surface area contributed by atoms with E-state index in [1.54, 1.807) is 0 Å². The van der Waals surface area contributed by atoms with Gasteiger partial charge < -0.3 is 9.80 Å². The van der Waals surface area contributed by atoms with Crippen molar-refractivity contribution in [2.75, 3.05) is 9.80 Å². The van der Waals surface area contributed by atoms with E-state index in [0.717, 1.165) is 0 Å². The van der Waals surface area contributed by atoms with Gasteiger partial charge in [-0.2, -0.15) is 0 Å². The maximum absolute atomic E-state index is 2.65. The molecule has 2 nitrogen and oxygen atoms in total. The molecule has 2 aliphatic rings. The van der Waals surface area contributed by atoms with Crippen molar-refractivity contribution in [3.8, 4) is 0 Å². The first-order valence-electron chi connectivity index (χ1n) is 8.66. The summed E-state index contributed by atoms with van der Waals surface area (Å²) in [5.74, 6) is 0. The minimum Gasteiger partial charge on any atom is -0.346 e. The van der Waals surface area contributed by atoms with Gasteiger partial charge in [-0.25, -0.2) is 0 Å². The average molecular weight is 306 g/mol. The van der Waals surface area contributed by atoms with Gasteiger partial charge in [0.05, 0.1) is 12.2 Å². The predicted molar refractivity (Wildman–Crippen MR) is 98.3 cm³/mol. The van der Waals surface area contributed by atoms with Gasteiger partial charge in [-0.15, -0.1) is 0 Å². The minimum atomic E-state index is 0.168. The van der Waals surface area contributed by atoms with Gasteiger partial charge in [0.2, 0.25) is 0 Å². The Labute approximate surface area is 139 Å². The van der Waals surface area contributed by atoms with E-state index >= 15 is 0 Å². The molecule has 23 heavy (non-hydrogen) atoms. The van der Waals surface area contributed by atoms with E-state index in [2.05, 4.69) is 92.9 Å². The number of fused-ring (bicyclic) bond motifs is 3. The zero-order valence-electron chi connectivity index (χ0n) is 14.7. The molecular weight excluding hydrogens is 280 g/mol. The molecule has 2 heteroatoms. The van der Waals surface area contributed by atoms with Crippen LogP contribution in [0, 0.1) is 6.92 Å². The van der Waals surface area contributed by atoms with Gasteiger partial charge in [-0.05, 0) is 44.0 Å². The standard InChI is InChI=1S/C21H26N2/c1-14-10-6-8-12-18(14)22-15(2)20-21(4,5)17-11-7-9-13-19(17)23(20)16(22)3/h6-13,15-16,20H,1-5H3/t15-,16?,20?/m0/s1. The third-order valence-electron chi connectivity index (χ3n) is 6.01. The van der Waals surface area contributed by atoms with Crippen molar-refractivity contribution >= 4 is 11.4 Å². The summed E-state index contributed by atoms with van der Waals surface area (Å²) >= 11 is 0. The molecule has 3 atom stereocenters. The fourth-order valence-corrected chi connectivity index (χ4v) is 5.07. The fourth-order valence-electron chi connectivity index (χ4n) is 5.07. The van der Waals surface area contributed by atoms with Gasteiger partial charge in [0.1, 0.15) is 0 Å². The van der Waals surface area contributed by atoms with Crippen LogP contribution in [-0.4, -0.2) is 18.2 Å². The summed E-state index contributed by atoms with van der Waals surface area (Å²) in [6, 6.07) is 18.7. The molecule has 0 amide bonds. The lowest BCUT2D eigenvalue weighted by Crippen LogP contribution is -2.44. The van der Waals surface area contributed by atoms with Crippen LogP contribution in [0.4, 0.5) is 11.4 Å². The van der Waals surface area contributed by atoms with E-state index < -0.39 is 0 Å². The number of rotatable bonds is 1. The second-order valence-electron chi connectivity index (χ2n) is 7.66. The van der Waals surface area contributed by atoms with Gasteiger partial charge in [0.15, 0.2) is 0 Å². The van der Waals surface area contributed by atoms with Crippen molar-refractivity contribution in [1.29, 1.82) is 0 Å². The second-order valence-corrected chi connectivity index (χ2v) is 7.66. The maximum Gasteiger partial charge on any atom is 0.0994 e. The van der Waals surface area contributed by atoms with Crippen molar-refractivity contribution in [2.45, 2.75) is 58.3 Å². The van der Waals surface area contributed by atoms with Crippen molar-refractivity contribution in [3.63, 3.8) is 0 Å². The number of anilines is 2. The Morgan fingerprint density at radius 3 is 2.13 bits per heavy atom. The van der Waals surface area contributed by atoms with E-state index in [0.29, 0.717) is 18.2 Å². The van der Waals surface area contributed by atoms with E-state index in [-0.39, 0.29) is 5.41 Å². The zero-order valence-corrected chi connectivity index (χ0v) is 14.7. The summed E-state index contributed by atoms with van der Waals surface area (Å²) < 4.78 is 0. The number of para-hydroxylation sites is 2. The number of hydrogen-bond donors (Lipinski definition) is 0. The zero-order chi connectivity index (χ0) is 16.4. The predicted octanol–water partition coefficient (Wildman–Crippen LogP) is 4.72. The van der Waals surface area contributed by atoms with E-state index in [4.69, 9.17) is 0 Å². The lowest BCUT2D eigenvalue weighted by molar-refractivity contribution is 0.411. The molecule has 0 spiro atoms. The van der Waals surface area contributed by atoms with Crippen LogP contribution in [0.2, 0.25) is 0 Å². The molecule has 2 unspecified atom stereocenters. The molecule has 2 aromatic rings. The molecule has 1 saturated heterocycles. The largest absolute Gasteiger partial charge is 0.346 e. The fraction of sp³-hybridized carbons (Fsp3) is 0.429. The number of aryl methyl sites for hydroxylation is 1. The lowest BCUT2D eigenvalue weighted by Gasteiger charge is -2.34. The molecule has 0 aliphatic carbocycles. The summed E-state index contributed by atoms with van der Waals surface area (Å²) in [6.07, 6.45) is 0.374. The first kappa shape index (κ1) is 14.6. The summed E-state index contributed by atoms with van der Waals surface area (Å²) in [5, 5.41) is 0. The van der Waals surface area contributed by atoms with Crippen molar-refractivity contribution in [1.82, 2.24) is 0 Å². The molecular formula is C21H26N2. The quantitative estimate of drug-likeness (QED) is 0.752. The van der Waals surface area contributed by atoms with Crippen LogP contribution in [0.5, 0.6) is 0 Å². The second kappa shape index (κ2) is 4.77. The van der Waals surface area contributed by atoms with Crippen LogP contribution in [0.15, 0.2) is 48.5 Å². The van der Waals surface area contributed by atoms with Crippen molar-refractivity contribution < 1.29 is 0 Å². The Hall–Kier alpha value is -1.96. The molecule has 2 aliphatic heterocycles. The third-order valence-corrected chi connectivity index (χ3v) is 6.01. The summed E-state index contributed by atoms with van der Waals surface area (Å²) in [5.41, 5.74) is 5.81. The van der Waals surface area contributed by atoms with Crippen molar-refractivity contribution in [3.05, 3.63) is 59.7 Å². The smallest absolute Gasteiger partial charge is 0.0994 e. The molecule has 0 radical (unpaired) electrons. The highest BCUT2D eigenvalue weighted by molar-refractivity contribution is 5.71. The Morgan fingerprint density at radius 2 is 1.43 bits per heavy atom. The summed E-state index contributed by atoms with van der Waals surface area (Å²) in [4.78, 5) is 5.25. The van der Waals surface area contributed by atoms with Crippen LogP contribution < -0.4 is 9.80 Å². The highest BCUT2D eigenvalue weighted by Gasteiger charge is 2.55. The molecule has 1 fully saturated rings. The molecule has 120 valence electrons. The Bertz CT molecular complexity index is 749. The molecule has 0 saturated carbocycles. The number of hydrogen-bond acceptors (Lipinski definition) is 2. The first-order valence-corrected chi connectivity index (χ1v) is 8.66. The van der Waals surface area contributed by atoms with Crippen LogP contribution >= 0.6 is 0 Å². The third kappa shape index (κ3) is 1.81. The number of nitrogens with zero attached hydrogens (tertiary/aromatic N) is 2. The first-order chi connectivity index (χ1) is 10.9. The molecule has 2 heterocycles. The highest BCUT2D eigenvalue weighted by atomic mass is 15.5. The van der Waals surface area contributed by atoms with E-state index in [1.807, 2.05) is 0 Å². The van der Waals surface area contributed by atoms with Crippen LogP contribution in [0.25, 0.3) is 0 Å². The SMILES string of the molecule is Cc1ccccc1N1C(C)N2c3ccccc3C(C)(C)C2[C@@H]1C. The topological polar surface area (TPSA) is 6.48 Å². The van der Waals surface area contributed by atoms with E-state index in [9.17, 15) is 0 Å². The monoisotopic (exact) mass is 306 g/mol. The summed E-state index contributed by atoms with van der Waals surface area (Å²) in [6.45, 7) is 11.8. The lowest BCUT2D eigenvalue weighted by atomic mass is 9.78. The normalized spacial score (nSPS) is 28.0. The average Bonchev–Trinajstić information content (AvgIpc) is 2.93. The highest BCUT2D eigenvalue weighted by Crippen LogP contribution is 2.52. The Kier molecular flexibility index (Phi) is 3.03. The molecule has 4 rings (SSSR count). The molecule has 0 bridgehead atoms.